The number of aliphatic hydroxyl groups is 7. The van der Waals surface area contributed by atoms with E-state index in [9.17, 15) is 87.3 Å². The highest BCUT2D eigenvalue weighted by Gasteiger charge is 2.57. The van der Waals surface area contributed by atoms with E-state index in [0.717, 1.165) is 24.0 Å². The lowest BCUT2D eigenvalue weighted by molar-refractivity contribution is -0.264. The Labute approximate surface area is 826 Å². The normalized spacial score (nSPS) is 40.2. The fourth-order valence-corrected chi connectivity index (χ4v) is 24.0. The van der Waals surface area contributed by atoms with Crippen LogP contribution in [0.4, 0.5) is 4.79 Å². The van der Waals surface area contributed by atoms with Crippen molar-refractivity contribution in [3.8, 4) is 0 Å². The number of fused-ring (bicyclic) bond motifs is 6. The van der Waals surface area contributed by atoms with Gasteiger partial charge in [-0.05, 0) is 253 Å². The number of sulfonamides is 1. The Morgan fingerprint density at radius 3 is 1.24 bits per heavy atom. The Balaban J connectivity index is 0.000000311. The summed E-state index contributed by atoms with van der Waals surface area (Å²) in [4.78, 5) is 134. The summed E-state index contributed by atoms with van der Waals surface area (Å²) in [7, 11) is 2.52. The predicted molar refractivity (Wildman–Crippen MR) is 527 cm³/mol. The van der Waals surface area contributed by atoms with Gasteiger partial charge in [0.2, 0.25) is 21.6 Å². The minimum Gasteiger partial charge on any atom is -0.461 e. The highest BCUT2D eigenvalue weighted by Crippen LogP contribution is 2.43. The highest BCUT2D eigenvalue weighted by atomic mass is 32.2. The molecule has 10 rings (SSSR count). The van der Waals surface area contributed by atoms with Gasteiger partial charge < -0.3 is 93.2 Å². The lowest BCUT2D eigenvalue weighted by Gasteiger charge is -2.44. The number of ether oxygens (including phenoxy) is 8. The van der Waals surface area contributed by atoms with Gasteiger partial charge in [0.25, 0.3) is 23.4 Å². The molecule has 8 heterocycles. The molecule has 2 saturated carbocycles. The van der Waals surface area contributed by atoms with Crippen molar-refractivity contribution in [1.82, 2.24) is 23.9 Å². The number of cyclic esters (lactones) is 2. The van der Waals surface area contributed by atoms with Gasteiger partial charge in [0.15, 0.2) is 11.6 Å². The molecule has 8 aliphatic heterocycles. The van der Waals surface area contributed by atoms with Gasteiger partial charge >= 0.3 is 18.0 Å². The first-order valence-corrected chi connectivity index (χ1v) is 53.3. The Morgan fingerprint density at radius 1 is 0.439 bits per heavy atom. The van der Waals surface area contributed by atoms with Gasteiger partial charge in [-0.2, -0.15) is 4.31 Å². The number of rotatable bonds is 14. The molecule has 2 aliphatic carbocycles. The van der Waals surface area contributed by atoms with E-state index >= 15 is 0 Å². The number of carbonyl (C=O) groups excluding carboxylic acids is 9. The number of hydrogen-bond donors (Lipinski definition) is 7. The molecular formula is C107H169N5O26S. The molecule has 4 bridgehead atoms. The molecule has 10 aliphatic rings. The first-order valence-electron chi connectivity index (χ1n) is 51.7. The van der Waals surface area contributed by atoms with Crippen molar-refractivity contribution in [2.45, 2.75) is 373 Å². The summed E-state index contributed by atoms with van der Waals surface area (Å²) in [6.45, 7) is 27.7. The highest BCUT2D eigenvalue weighted by molar-refractivity contribution is 7.90. The predicted octanol–water partition coefficient (Wildman–Crippen LogP) is 12.1. The number of carbonyl (C=O) groups is 9. The smallest absolute Gasteiger partial charge is 0.329 e. The summed E-state index contributed by atoms with van der Waals surface area (Å²) >= 11 is 0. The average molecular weight is 1970 g/mol. The number of hydrogen-bond acceptors (Lipinski definition) is 26. The van der Waals surface area contributed by atoms with Crippen molar-refractivity contribution in [2.75, 3.05) is 80.1 Å². The molecule has 0 aromatic rings. The number of esters is 2. The summed E-state index contributed by atoms with van der Waals surface area (Å²) in [5.74, 6) is -13.4. The molecule has 784 valence electrons. The quantitative estimate of drug-likeness (QED) is 0.0482. The third-order valence-electron chi connectivity index (χ3n) is 31.7. The maximum absolute atomic E-state index is 14.5. The van der Waals surface area contributed by atoms with E-state index in [-0.39, 0.29) is 135 Å². The van der Waals surface area contributed by atoms with Crippen LogP contribution in [0.5, 0.6) is 0 Å². The fourth-order valence-electron chi connectivity index (χ4n) is 22.7. The Hall–Kier alpha value is -6.86. The van der Waals surface area contributed by atoms with Crippen molar-refractivity contribution >= 4 is 62.9 Å². The lowest BCUT2D eigenvalue weighted by atomic mass is 9.78. The maximum Gasteiger partial charge on any atom is 0.329 e. The van der Waals surface area contributed by atoms with Gasteiger partial charge in [0.05, 0.1) is 55.0 Å². The molecule has 4 amide bonds. The van der Waals surface area contributed by atoms with Crippen LogP contribution >= 0.6 is 0 Å². The summed E-state index contributed by atoms with van der Waals surface area (Å²) in [6.07, 6.45) is 27.3. The number of piperidine rings is 2. The van der Waals surface area contributed by atoms with Gasteiger partial charge in [0, 0.05) is 97.4 Å². The standard InChI is InChI=1S/C55H87N3O13.C52H82N2O13S/c1-34-15-11-10-12-16-36(3)44(58-26-25-56(27-28-59)54(58)66)33-42-21-19-40(7)55(67,71-42)51(63)52(64)57-24-14-13-17-43(57)53(65)70-46(37(4)31-41-20-22-45(60)47(32-41)68-8)23-18-35(2)30-39(6)49(62)50(69-9)48(61)38(5)29-34;1-32-15-11-10-12-16-34(3)42(54-25-26-68(54,62)63)31-40-21-19-38(7)52(61,67-40)49(58)50(59)53-24-14-13-17-41(53)51(60)66-44(35(4)29-39-20-22-43(55)45(30-39)64-8)23-18-33(2)28-37(6)47(57)48(65-9)46(56)36(5)27-32/h10-12,15-16,30,34-35,37-38,40-47,49-50,59-60,62,67H,13-14,17-29,31-33H2,1-9H3;10-12,15-16,28,32-33,35-36,38-45,47-48,55,57,61H,13-14,17-27,29-31H2,1-9H3/b12-10+,15-11+,36-16+,39-30+;12-10+,15-11+,34-16+,37-28+/t34-,35+,37-,38-,40-,41+,42+,43+,44?,45-,46+,47-,49-,50+,55-;32-,33+,35-,36-,38-,39+,40+,41+,42?,43-,44+,45-,47-,48+,52-/m11/s1. The molecule has 7 N–H and O–H groups in total. The summed E-state index contributed by atoms with van der Waals surface area (Å²) < 4.78 is 75.4. The number of ketones is 4. The third-order valence-corrected chi connectivity index (χ3v) is 33.5. The maximum atomic E-state index is 14.5. The second-order valence-electron chi connectivity index (χ2n) is 42.6. The van der Waals surface area contributed by atoms with Crippen molar-refractivity contribution in [2.24, 2.45) is 71.0 Å². The zero-order valence-electron chi connectivity index (χ0n) is 86.2. The molecule has 0 radical (unpaired) electrons. The van der Waals surface area contributed by atoms with Gasteiger partial charge in [-0.15, -0.1) is 0 Å². The first kappa shape index (κ1) is 116. The molecular weight excluding hydrogens is 1800 g/mol. The van der Waals surface area contributed by atoms with Crippen LogP contribution in [0, 0.1) is 71.0 Å². The minimum absolute atomic E-state index is 0.000453. The zero-order valence-corrected chi connectivity index (χ0v) is 87.0. The van der Waals surface area contributed by atoms with E-state index in [2.05, 4.69) is 0 Å². The molecule has 0 aromatic carbocycles. The molecule has 30 atom stereocenters. The second kappa shape index (κ2) is 53.8. The summed E-state index contributed by atoms with van der Waals surface area (Å²) in [5, 5.41) is 78.0. The van der Waals surface area contributed by atoms with E-state index < -0.39 is 166 Å². The van der Waals surface area contributed by atoms with Crippen molar-refractivity contribution in [3.63, 3.8) is 0 Å². The van der Waals surface area contributed by atoms with Gasteiger partial charge in [-0.25, -0.2) is 22.8 Å². The SMILES string of the molecule is CO[C@@H]1C[C@H](C[C@@H](C)[C@@H]2CC[C@H](C)/C=C(\C)[C@@H](O)[C@@H](OC)C(=O)[C@H](C)C[C@H](C)/C=C/C=C/C=C(\C)C(N3CCN(CCO)C3=O)C[C@@H]3CC[C@@H](C)[C@@](O)(O3)C(=O)C(=O)N3CCCC[C@H]3C(=O)O2)CC[C@H]1O.CO[C@@H]1C[C@H](C[C@@H](C)[C@@H]2CC[C@H](C)/C=C(\C)[C@@H](O)[C@@H](OC)C(=O)[C@H](C)C[C@H](C)/C=C/C=C/C=C(\C)C(N3CCS3(=O)=O)C[C@@H]3CC[C@@H](C)[C@@](O)(O3)C(=O)C(=O)N3CCCC[C@H]3C(=O)O2)CC[C@H]1O. The Morgan fingerprint density at radius 2 is 0.856 bits per heavy atom. The first-order chi connectivity index (χ1) is 65.8. The molecule has 6 saturated heterocycles. The van der Waals surface area contributed by atoms with E-state index in [1.807, 2.05) is 142 Å². The number of nitrogens with zero attached hydrogens (tertiary/aromatic N) is 5. The number of Topliss-reactive ketones (excluding diaryl/α,β-unsaturated/α-hetero) is 4. The number of methoxy groups -OCH3 is 4. The largest absolute Gasteiger partial charge is 0.461 e. The molecule has 8 fully saturated rings. The van der Waals surface area contributed by atoms with E-state index in [1.165, 1.54) is 28.3 Å². The number of allylic oxidation sites excluding steroid dienone is 12. The van der Waals surface area contributed by atoms with Gasteiger partial charge in [0.1, 0.15) is 48.7 Å². The molecule has 139 heavy (non-hydrogen) atoms. The van der Waals surface area contributed by atoms with Crippen molar-refractivity contribution < 1.29 is 125 Å². The van der Waals surface area contributed by atoms with Crippen LogP contribution in [0.25, 0.3) is 0 Å². The average Bonchev–Trinajstić information content (AvgIpc) is 1.01. The van der Waals surface area contributed by atoms with Crippen LogP contribution in [0.3, 0.4) is 0 Å². The number of amides is 4. The van der Waals surface area contributed by atoms with Crippen molar-refractivity contribution in [1.29, 1.82) is 0 Å². The number of urea groups is 1. The second-order valence-corrected chi connectivity index (χ2v) is 44.6. The Bertz CT molecular complexity index is 4470. The van der Waals surface area contributed by atoms with Crippen molar-refractivity contribution in [3.05, 3.63) is 95.2 Å². The van der Waals surface area contributed by atoms with E-state index in [0.29, 0.717) is 159 Å². The number of aliphatic hydroxyl groups excluding tert-OH is 5. The molecule has 32 heteroatoms. The summed E-state index contributed by atoms with van der Waals surface area (Å²) in [5.41, 5.74) is 2.72. The van der Waals surface area contributed by atoms with E-state index in [1.54, 1.807) is 51.7 Å². The van der Waals surface area contributed by atoms with Crippen LogP contribution in [0.15, 0.2) is 95.2 Å². The topological polar surface area (TPSA) is 419 Å². The monoisotopic (exact) mass is 1970 g/mol. The van der Waals surface area contributed by atoms with Crippen LogP contribution < -0.4 is 0 Å². The molecule has 31 nitrogen and oxygen atoms in total. The minimum atomic E-state index is -3.53. The molecule has 0 spiro atoms. The Kier molecular flexibility index (Phi) is 44.8. The lowest BCUT2D eigenvalue weighted by Crippen LogP contribution is -2.61. The van der Waals surface area contributed by atoms with Crippen LogP contribution in [0.2, 0.25) is 0 Å². The van der Waals surface area contributed by atoms with Gasteiger partial charge in [-0.1, -0.05) is 153 Å². The van der Waals surface area contributed by atoms with Crippen LogP contribution in [-0.4, -0.2) is 310 Å². The van der Waals surface area contributed by atoms with Crippen LogP contribution in [-0.2, 0) is 86.3 Å². The zero-order chi connectivity index (χ0) is 102. The number of β-amino-alcohol motifs (C(OH)–C–C–N with tert-alkyl or cyclic N) is 1. The van der Waals surface area contributed by atoms with E-state index in [4.69, 9.17) is 37.9 Å². The summed E-state index contributed by atoms with van der Waals surface area (Å²) in [6, 6.07) is -3.54. The van der Waals surface area contributed by atoms with Gasteiger partial charge in [-0.3, -0.25) is 28.8 Å². The van der Waals surface area contributed by atoms with Crippen LogP contribution in [0.1, 0.15) is 264 Å². The fraction of sp³-hybridized carbons (Fsp3) is 0.766. The molecule has 2 unspecified atom stereocenters. The molecule has 0 aromatic heterocycles. The third kappa shape index (κ3) is 30.6.